The van der Waals surface area contributed by atoms with Crippen LogP contribution in [0.3, 0.4) is 0 Å². The third-order valence-electron chi connectivity index (χ3n) is 3.91. The fourth-order valence-corrected chi connectivity index (χ4v) is 2.62. The molecule has 1 aromatic carbocycles. The van der Waals surface area contributed by atoms with Gasteiger partial charge < -0.3 is 20.5 Å². The number of rotatable bonds is 7. The van der Waals surface area contributed by atoms with Crippen molar-refractivity contribution in [1.29, 1.82) is 0 Å². The van der Waals surface area contributed by atoms with E-state index in [1.165, 1.54) is 12.1 Å². The highest BCUT2D eigenvalue weighted by molar-refractivity contribution is 6.33. The number of carbonyl (C=O) groups is 3. The number of amides is 2. The number of primary amides is 1. The van der Waals surface area contributed by atoms with Crippen LogP contribution >= 0.6 is 11.6 Å². The van der Waals surface area contributed by atoms with E-state index in [2.05, 4.69) is 5.32 Å². The molecular formula is C19H25ClN2O5. The Hall–Kier alpha value is -2.28. The van der Waals surface area contributed by atoms with Gasteiger partial charge in [-0.15, -0.1) is 0 Å². The van der Waals surface area contributed by atoms with Crippen molar-refractivity contribution in [1.82, 2.24) is 5.32 Å². The molecule has 1 atom stereocenters. The Morgan fingerprint density at radius 3 is 2.52 bits per heavy atom. The first-order chi connectivity index (χ1) is 12.5. The number of benzene rings is 1. The molecule has 1 aliphatic rings. The molecule has 3 N–H and O–H groups in total. The summed E-state index contributed by atoms with van der Waals surface area (Å²) in [6.45, 7) is 5.13. The quantitative estimate of drug-likeness (QED) is 0.687. The number of ether oxygens (including phenoxy) is 2. The van der Waals surface area contributed by atoms with Gasteiger partial charge in [-0.2, -0.15) is 0 Å². The minimum absolute atomic E-state index is 0.0926. The van der Waals surface area contributed by atoms with Crippen molar-refractivity contribution in [2.45, 2.75) is 51.7 Å². The summed E-state index contributed by atoms with van der Waals surface area (Å²) in [5.41, 5.74) is 5.29. The number of hydrogen-bond donors (Lipinski definition) is 2. The molecule has 0 radical (unpaired) electrons. The normalized spacial score (nSPS) is 15.0. The molecule has 0 saturated heterocycles. The highest BCUT2D eigenvalue weighted by atomic mass is 35.5. The summed E-state index contributed by atoms with van der Waals surface area (Å²) >= 11 is 5.98. The van der Waals surface area contributed by atoms with E-state index in [9.17, 15) is 14.4 Å². The SMILES string of the molecule is CC(C)(C)OC(=O)N[C@H](COC(=O)CC1CC1)c1ccc(Cl)c(C(N)=O)c1. The van der Waals surface area contributed by atoms with Gasteiger partial charge in [0.1, 0.15) is 12.2 Å². The maximum absolute atomic E-state index is 12.2. The predicted octanol–water partition coefficient (Wildman–Crippen LogP) is 3.35. The molecule has 0 aliphatic heterocycles. The van der Waals surface area contributed by atoms with Gasteiger partial charge in [-0.3, -0.25) is 9.59 Å². The van der Waals surface area contributed by atoms with E-state index < -0.39 is 23.6 Å². The van der Waals surface area contributed by atoms with Gasteiger partial charge in [-0.1, -0.05) is 17.7 Å². The second-order valence-electron chi connectivity index (χ2n) is 7.63. The minimum Gasteiger partial charge on any atom is -0.463 e. The Morgan fingerprint density at radius 1 is 1.30 bits per heavy atom. The summed E-state index contributed by atoms with van der Waals surface area (Å²) in [5.74, 6) is -0.618. The number of alkyl carbamates (subject to hydrolysis) is 1. The fourth-order valence-electron chi connectivity index (χ4n) is 2.41. The molecule has 1 fully saturated rings. The number of esters is 1. The summed E-state index contributed by atoms with van der Waals surface area (Å²) in [7, 11) is 0. The number of hydrogen-bond acceptors (Lipinski definition) is 5. The van der Waals surface area contributed by atoms with Crippen molar-refractivity contribution in [2.75, 3.05) is 6.61 Å². The first-order valence-electron chi connectivity index (χ1n) is 8.79. The van der Waals surface area contributed by atoms with E-state index in [1.807, 2.05) is 0 Å². The highest BCUT2D eigenvalue weighted by Crippen LogP contribution is 2.32. The van der Waals surface area contributed by atoms with Crippen LogP contribution in [0.4, 0.5) is 4.79 Å². The minimum atomic E-state index is -0.710. The van der Waals surface area contributed by atoms with Gasteiger partial charge >= 0.3 is 12.1 Å². The molecular weight excluding hydrogens is 372 g/mol. The molecule has 7 nitrogen and oxygen atoms in total. The molecule has 2 amide bonds. The Bertz CT molecular complexity index is 725. The molecule has 8 heteroatoms. The second kappa shape index (κ2) is 8.61. The van der Waals surface area contributed by atoms with Crippen LogP contribution in [-0.4, -0.2) is 30.2 Å². The molecule has 0 bridgehead atoms. The summed E-state index contributed by atoms with van der Waals surface area (Å²) in [4.78, 5) is 35.6. The molecule has 1 saturated carbocycles. The van der Waals surface area contributed by atoms with Gasteiger partial charge in [0.2, 0.25) is 5.91 Å². The van der Waals surface area contributed by atoms with Crippen LogP contribution in [0.1, 0.15) is 62.0 Å². The van der Waals surface area contributed by atoms with Crippen molar-refractivity contribution >= 4 is 29.6 Å². The maximum Gasteiger partial charge on any atom is 0.408 e. The molecule has 1 aromatic rings. The molecule has 0 unspecified atom stereocenters. The zero-order valence-electron chi connectivity index (χ0n) is 15.7. The maximum atomic E-state index is 12.2. The Kier molecular flexibility index (Phi) is 6.70. The van der Waals surface area contributed by atoms with Gasteiger partial charge in [0.15, 0.2) is 0 Å². The predicted molar refractivity (Wildman–Crippen MR) is 100 cm³/mol. The third-order valence-corrected chi connectivity index (χ3v) is 4.24. The Balaban J connectivity index is 2.14. The van der Waals surface area contributed by atoms with E-state index in [-0.39, 0.29) is 23.2 Å². The van der Waals surface area contributed by atoms with Crippen LogP contribution in [0, 0.1) is 5.92 Å². The van der Waals surface area contributed by atoms with E-state index >= 15 is 0 Å². The number of carbonyl (C=O) groups excluding carboxylic acids is 3. The van der Waals surface area contributed by atoms with Crippen LogP contribution in [0.5, 0.6) is 0 Å². The largest absolute Gasteiger partial charge is 0.463 e. The molecule has 0 aromatic heterocycles. The lowest BCUT2D eigenvalue weighted by atomic mass is 10.0. The van der Waals surface area contributed by atoms with Gasteiger partial charge in [0, 0.05) is 6.42 Å². The lowest BCUT2D eigenvalue weighted by Gasteiger charge is -2.24. The average molecular weight is 397 g/mol. The fraction of sp³-hybridized carbons (Fsp3) is 0.526. The first-order valence-corrected chi connectivity index (χ1v) is 9.17. The van der Waals surface area contributed by atoms with Crippen molar-refractivity contribution in [2.24, 2.45) is 11.7 Å². The van der Waals surface area contributed by atoms with Crippen molar-refractivity contribution in [3.8, 4) is 0 Å². The highest BCUT2D eigenvalue weighted by Gasteiger charge is 2.27. The van der Waals surface area contributed by atoms with Crippen LogP contribution in [-0.2, 0) is 14.3 Å². The zero-order chi connectivity index (χ0) is 20.2. The zero-order valence-corrected chi connectivity index (χ0v) is 16.5. The monoisotopic (exact) mass is 396 g/mol. The van der Waals surface area contributed by atoms with E-state index in [1.54, 1.807) is 26.8 Å². The van der Waals surface area contributed by atoms with E-state index in [4.69, 9.17) is 26.8 Å². The summed E-state index contributed by atoms with van der Waals surface area (Å²) < 4.78 is 10.6. The lowest BCUT2D eigenvalue weighted by Crippen LogP contribution is -2.37. The lowest BCUT2D eigenvalue weighted by molar-refractivity contribution is -0.144. The first kappa shape index (κ1) is 21.0. The molecule has 0 spiro atoms. The van der Waals surface area contributed by atoms with Gasteiger partial charge in [0.25, 0.3) is 0 Å². The van der Waals surface area contributed by atoms with Crippen LogP contribution in [0.15, 0.2) is 18.2 Å². The van der Waals surface area contributed by atoms with Crippen LogP contribution in [0.25, 0.3) is 0 Å². The Labute approximate surface area is 163 Å². The van der Waals surface area contributed by atoms with E-state index in [0.29, 0.717) is 17.9 Å². The van der Waals surface area contributed by atoms with Gasteiger partial charge in [-0.05, 0) is 57.2 Å². The summed E-state index contributed by atoms with van der Waals surface area (Å²) in [6.07, 6.45) is 1.77. The molecule has 148 valence electrons. The van der Waals surface area contributed by atoms with Crippen molar-refractivity contribution < 1.29 is 23.9 Å². The molecule has 27 heavy (non-hydrogen) atoms. The molecule has 1 aliphatic carbocycles. The standard InChI is InChI=1S/C19H25ClN2O5/c1-19(2,3)27-18(25)22-15(10-26-16(23)8-11-4-5-11)12-6-7-14(20)13(9-12)17(21)24/h6-7,9,11,15H,4-5,8,10H2,1-3H3,(H2,21,24)(H,22,25)/t15-/m1/s1. The van der Waals surface area contributed by atoms with E-state index in [0.717, 1.165) is 12.8 Å². The topological polar surface area (TPSA) is 108 Å². The number of nitrogens with one attached hydrogen (secondary N) is 1. The summed E-state index contributed by atoms with van der Waals surface area (Å²) in [6, 6.07) is 3.90. The van der Waals surface area contributed by atoms with Gasteiger partial charge in [-0.25, -0.2) is 4.79 Å². The third kappa shape index (κ3) is 7.09. The Morgan fingerprint density at radius 2 is 1.96 bits per heavy atom. The van der Waals surface area contributed by atoms with Crippen molar-refractivity contribution in [3.63, 3.8) is 0 Å². The molecule has 0 heterocycles. The molecule has 2 rings (SSSR count). The summed E-state index contributed by atoms with van der Waals surface area (Å²) in [5, 5.41) is 2.87. The average Bonchev–Trinajstić information content (AvgIpc) is 3.33. The number of nitrogens with two attached hydrogens (primary N) is 1. The van der Waals surface area contributed by atoms with Gasteiger partial charge in [0.05, 0.1) is 16.6 Å². The van der Waals surface area contributed by atoms with Crippen LogP contribution < -0.4 is 11.1 Å². The van der Waals surface area contributed by atoms with Crippen molar-refractivity contribution in [3.05, 3.63) is 34.3 Å². The second-order valence-corrected chi connectivity index (χ2v) is 8.04. The smallest absolute Gasteiger partial charge is 0.408 e. The van der Waals surface area contributed by atoms with Crippen LogP contribution in [0.2, 0.25) is 5.02 Å². The number of halogens is 1.